The Labute approximate surface area is 182 Å². The van der Waals surface area contributed by atoms with Crippen LogP contribution in [0.25, 0.3) is 0 Å². The van der Waals surface area contributed by atoms with Crippen LogP contribution in [0, 0.1) is 12.7 Å². The van der Waals surface area contributed by atoms with Crippen LogP contribution in [0.3, 0.4) is 0 Å². The van der Waals surface area contributed by atoms with Crippen LogP contribution in [0.15, 0.2) is 53.5 Å². The zero-order chi connectivity index (χ0) is 22.2. The van der Waals surface area contributed by atoms with Gasteiger partial charge in [0.25, 0.3) is 0 Å². The van der Waals surface area contributed by atoms with E-state index < -0.39 is 0 Å². The third-order valence-corrected chi connectivity index (χ3v) is 5.08. The first-order chi connectivity index (χ1) is 15.0. The minimum Gasteiger partial charge on any atom is -0.497 e. The second-order valence-corrected chi connectivity index (χ2v) is 7.37. The molecule has 7 nitrogen and oxygen atoms in total. The fourth-order valence-corrected chi connectivity index (χ4v) is 3.14. The Morgan fingerprint density at radius 2 is 1.94 bits per heavy atom. The first kappa shape index (κ1) is 22.3. The maximum Gasteiger partial charge on any atom is 0.194 e. The summed E-state index contributed by atoms with van der Waals surface area (Å²) in [5.74, 6) is 2.94. The first-order valence-corrected chi connectivity index (χ1v) is 10.2. The summed E-state index contributed by atoms with van der Waals surface area (Å²) < 4.78 is 20.7. The molecule has 2 aromatic carbocycles. The molecule has 0 bridgehead atoms. The smallest absolute Gasteiger partial charge is 0.194 e. The number of rotatable bonds is 8. The molecule has 0 aliphatic rings. The van der Waals surface area contributed by atoms with Gasteiger partial charge in [0.1, 0.15) is 23.9 Å². The van der Waals surface area contributed by atoms with E-state index in [1.165, 1.54) is 17.7 Å². The number of aryl methyl sites for hydroxylation is 1. The number of hydrogen-bond acceptors (Lipinski definition) is 4. The van der Waals surface area contributed by atoms with Gasteiger partial charge in [0.15, 0.2) is 11.8 Å². The van der Waals surface area contributed by atoms with Crippen LogP contribution >= 0.6 is 0 Å². The monoisotopic (exact) mass is 424 g/mol. The Bertz CT molecular complexity index is 1020. The van der Waals surface area contributed by atoms with Gasteiger partial charge in [-0.2, -0.15) is 0 Å². The molecule has 0 spiro atoms. The van der Waals surface area contributed by atoms with E-state index in [1.807, 2.05) is 48.7 Å². The molecule has 1 N–H and O–H groups in total. The van der Waals surface area contributed by atoms with Crippen LogP contribution in [0.5, 0.6) is 5.75 Å². The molecule has 3 aromatic rings. The third kappa shape index (κ3) is 6.28. The van der Waals surface area contributed by atoms with Crippen molar-refractivity contribution in [2.75, 3.05) is 20.7 Å². The molecule has 8 heteroatoms. The first-order valence-electron chi connectivity index (χ1n) is 10.2. The van der Waals surface area contributed by atoms with Crippen molar-refractivity contribution in [3.8, 4) is 5.75 Å². The van der Waals surface area contributed by atoms with Gasteiger partial charge in [-0.15, -0.1) is 10.2 Å². The maximum atomic E-state index is 13.6. The molecular weight excluding hydrogens is 395 g/mol. The van der Waals surface area contributed by atoms with Crippen LogP contribution < -0.4 is 10.1 Å². The lowest BCUT2D eigenvalue weighted by atomic mass is 10.1. The second kappa shape index (κ2) is 10.6. The van der Waals surface area contributed by atoms with E-state index in [9.17, 15) is 4.39 Å². The Balaban J connectivity index is 1.69. The average Bonchev–Trinajstić information content (AvgIpc) is 3.08. The van der Waals surface area contributed by atoms with E-state index in [0.717, 1.165) is 35.3 Å². The molecule has 0 atom stereocenters. The fraction of sp³-hybridized carbons (Fsp3) is 0.348. The van der Waals surface area contributed by atoms with Crippen molar-refractivity contribution in [2.45, 2.75) is 26.4 Å². The minimum absolute atomic E-state index is 0.244. The van der Waals surface area contributed by atoms with Crippen molar-refractivity contribution < 1.29 is 9.13 Å². The molecule has 0 unspecified atom stereocenters. The lowest BCUT2D eigenvalue weighted by Crippen LogP contribution is -2.39. The Morgan fingerprint density at radius 1 is 1.16 bits per heavy atom. The summed E-state index contributed by atoms with van der Waals surface area (Å²) in [6.07, 6.45) is 0.833. The van der Waals surface area contributed by atoms with Crippen LogP contribution in [0.1, 0.15) is 22.8 Å². The summed E-state index contributed by atoms with van der Waals surface area (Å²) in [5.41, 5.74) is 2.08. The Kier molecular flexibility index (Phi) is 7.59. The van der Waals surface area contributed by atoms with Crippen molar-refractivity contribution in [1.29, 1.82) is 0 Å². The number of nitrogens with zero attached hydrogens (tertiary/aromatic N) is 5. The SMILES string of the molecule is COc1ccc(CCNC(=NCc2nnc(C)n2C)N(C)Cc2cccc(F)c2)cc1. The van der Waals surface area contributed by atoms with Gasteiger partial charge in [-0.1, -0.05) is 24.3 Å². The molecular formula is C23H29FN6O. The van der Waals surface area contributed by atoms with Crippen molar-refractivity contribution in [2.24, 2.45) is 12.0 Å². The highest BCUT2D eigenvalue weighted by Gasteiger charge is 2.10. The van der Waals surface area contributed by atoms with Gasteiger partial charge >= 0.3 is 0 Å². The van der Waals surface area contributed by atoms with Crippen LogP contribution in [0.2, 0.25) is 0 Å². The molecule has 31 heavy (non-hydrogen) atoms. The molecule has 0 saturated heterocycles. The van der Waals surface area contributed by atoms with E-state index >= 15 is 0 Å². The van der Waals surface area contributed by atoms with Gasteiger partial charge in [-0.05, 0) is 48.7 Å². The number of nitrogens with one attached hydrogen (secondary N) is 1. The number of ether oxygens (including phenoxy) is 1. The fourth-order valence-electron chi connectivity index (χ4n) is 3.14. The van der Waals surface area contributed by atoms with Crippen LogP contribution in [-0.4, -0.2) is 46.3 Å². The Hall–Kier alpha value is -3.42. The van der Waals surface area contributed by atoms with E-state index in [0.29, 0.717) is 19.6 Å². The summed E-state index contributed by atoms with van der Waals surface area (Å²) in [7, 11) is 5.52. The molecule has 164 valence electrons. The zero-order valence-corrected chi connectivity index (χ0v) is 18.5. The predicted molar refractivity (Wildman–Crippen MR) is 119 cm³/mol. The van der Waals surface area contributed by atoms with Crippen molar-refractivity contribution in [3.63, 3.8) is 0 Å². The molecule has 0 aliphatic carbocycles. The number of aliphatic imine (C=N–C) groups is 1. The zero-order valence-electron chi connectivity index (χ0n) is 18.5. The van der Waals surface area contributed by atoms with Gasteiger partial charge in [0, 0.05) is 27.2 Å². The topological polar surface area (TPSA) is 67.6 Å². The number of halogens is 1. The van der Waals surface area contributed by atoms with E-state index in [1.54, 1.807) is 13.2 Å². The highest BCUT2D eigenvalue weighted by molar-refractivity contribution is 5.79. The summed E-state index contributed by atoms with van der Waals surface area (Å²) in [4.78, 5) is 6.72. The highest BCUT2D eigenvalue weighted by Crippen LogP contribution is 2.12. The summed E-state index contributed by atoms with van der Waals surface area (Å²) in [5, 5.41) is 11.7. The number of benzene rings is 2. The van der Waals surface area contributed by atoms with Gasteiger partial charge in [0.05, 0.1) is 7.11 Å². The number of hydrogen-bond donors (Lipinski definition) is 1. The van der Waals surface area contributed by atoms with Gasteiger partial charge in [-0.3, -0.25) is 0 Å². The largest absolute Gasteiger partial charge is 0.497 e. The van der Waals surface area contributed by atoms with E-state index in [-0.39, 0.29) is 5.82 Å². The quantitative estimate of drug-likeness (QED) is 0.445. The molecule has 1 aromatic heterocycles. The molecule has 0 saturated carbocycles. The van der Waals surface area contributed by atoms with E-state index in [4.69, 9.17) is 9.73 Å². The summed E-state index contributed by atoms with van der Waals surface area (Å²) in [6, 6.07) is 14.6. The molecule has 0 aliphatic heterocycles. The number of guanidine groups is 1. The lowest BCUT2D eigenvalue weighted by molar-refractivity contribution is 0.414. The molecule has 1 heterocycles. The third-order valence-electron chi connectivity index (χ3n) is 5.08. The van der Waals surface area contributed by atoms with Crippen molar-refractivity contribution >= 4 is 5.96 Å². The minimum atomic E-state index is -0.244. The lowest BCUT2D eigenvalue weighted by Gasteiger charge is -2.23. The van der Waals surface area contributed by atoms with E-state index in [2.05, 4.69) is 27.6 Å². The predicted octanol–water partition coefficient (Wildman–Crippen LogP) is 3.09. The van der Waals surface area contributed by atoms with Crippen LogP contribution in [-0.2, 0) is 26.6 Å². The summed E-state index contributed by atoms with van der Waals surface area (Å²) in [6.45, 7) is 3.54. The normalized spacial score (nSPS) is 11.5. The summed E-state index contributed by atoms with van der Waals surface area (Å²) >= 11 is 0. The Morgan fingerprint density at radius 3 is 2.58 bits per heavy atom. The maximum absolute atomic E-state index is 13.6. The van der Waals surface area contributed by atoms with Gasteiger partial charge in [-0.25, -0.2) is 9.38 Å². The van der Waals surface area contributed by atoms with Crippen LogP contribution in [0.4, 0.5) is 4.39 Å². The molecule has 0 fully saturated rings. The second-order valence-electron chi connectivity index (χ2n) is 7.37. The standard InChI is InChI=1S/C23H29FN6O/c1-17-27-28-22(30(17)3)15-26-23(29(2)16-19-6-5-7-20(24)14-19)25-13-12-18-8-10-21(31-4)11-9-18/h5-11,14H,12-13,15-16H2,1-4H3,(H,25,26). The molecule has 3 rings (SSSR count). The average molecular weight is 425 g/mol. The van der Waals surface area contributed by atoms with Crippen molar-refractivity contribution in [3.05, 3.63) is 77.1 Å². The number of aromatic nitrogens is 3. The molecule has 0 radical (unpaired) electrons. The van der Waals surface area contributed by atoms with Gasteiger partial charge in [0.2, 0.25) is 0 Å². The number of methoxy groups -OCH3 is 1. The van der Waals surface area contributed by atoms with Crippen molar-refractivity contribution in [1.82, 2.24) is 25.0 Å². The molecule has 0 amide bonds. The highest BCUT2D eigenvalue weighted by atomic mass is 19.1. The van der Waals surface area contributed by atoms with Gasteiger partial charge < -0.3 is 19.5 Å².